The summed E-state index contributed by atoms with van der Waals surface area (Å²) in [7, 11) is 3.11. The molecule has 1 saturated carbocycles. The molecule has 2 fully saturated rings. The summed E-state index contributed by atoms with van der Waals surface area (Å²) >= 11 is 0. The minimum absolute atomic E-state index is 0.00447. The number of aromatic hydroxyl groups is 1. The van der Waals surface area contributed by atoms with E-state index in [1.54, 1.807) is 38.4 Å². The second-order valence-corrected chi connectivity index (χ2v) is 13.2. The summed E-state index contributed by atoms with van der Waals surface area (Å²) in [6.45, 7) is 3.36. The molecule has 248 valence electrons. The zero-order chi connectivity index (χ0) is 33.8. The lowest BCUT2D eigenvalue weighted by Gasteiger charge is -2.50. The molecule has 4 atom stereocenters. The number of phenolic OH excluding ortho intramolecular Hbond substituents is 1. The number of benzene rings is 2. The number of hydrogen-bond acceptors (Lipinski definition) is 10. The number of nitrogens with zero attached hydrogens (tertiary/aromatic N) is 2. The number of ketones is 2. The van der Waals surface area contributed by atoms with Crippen LogP contribution in [0.1, 0.15) is 47.2 Å². The van der Waals surface area contributed by atoms with E-state index >= 15 is 0 Å². The number of aliphatic hydroxyl groups is 3. The molecule has 7 N–H and O–H groups in total. The molecule has 0 spiro atoms. The molecule has 47 heavy (non-hydrogen) atoms. The maximum Gasteiger partial charge on any atom is 0.255 e. The van der Waals surface area contributed by atoms with Gasteiger partial charge in [0.05, 0.1) is 11.6 Å². The van der Waals surface area contributed by atoms with Gasteiger partial charge in [0.2, 0.25) is 5.78 Å². The number of fused-ring (bicyclic) bond motifs is 3. The van der Waals surface area contributed by atoms with Gasteiger partial charge in [0, 0.05) is 30.1 Å². The molecule has 0 bridgehead atoms. The largest absolute Gasteiger partial charge is 0.508 e. The van der Waals surface area contributed by atoms with Gasteiger partial charge in [-0.05, 0) is 93.7 Å². The van der Waals surface area contributed by atoms with Crippen LogP contribution in [0.4, 0.5) is 0 Å². The third kappa shape index (κ3) is 5.30. The van der Waals surface area contributed by atoms with Crippen molar-refractivity contribution in [3.63, 3.8) is 0 Å². The number of rotatable bonds is 7. The molecule has 1 saturated heterocycles. The number of amides is 2. The monoisotopic (exact) mass is 644 g/mol. The maximum atomic E-state index is 14.1. The predicted molar refractivity (Wildman–Crippen MR) is 172 cm³/mol. The number of phenols is 1. The first-order valence-electron chi connectivity index (χ1n) is 16.0. The lowest BCUT2D eigenvalue weighted by Crippen LogP contribution is -2.65. The van der Waals surface area contributed by atoms with E-state index in [0.717, 1.165) is 19.6 Å². The first-order valence-corrected chi connectivity index (χ1v) is 16.0. The Morgan fingerprint density at radius 2 is 1.79 bits per heavy atom. The summed E-state index contributed by atoms with van der Waals surface area (Å²) in [5.41, 5.74) is 3.87. The fourth-order valence-corrected chi connectivity index (χ4v) is 7.96. The molecular weight excluding hydrogens is 604 g/mol. The molecule has 2 aromatic carbocycles. The summed E-state index contributed by atoms with van der Waals surface area (Å²) in [6.07, 6.45) is 3.70. The van der Waals surface area contributed by atoms with Crippen molar-refractivity contribution in [2.75, 3.05) is 40.3 Å². The zero-order valence-corrected chi connectivity index (χ0v) is 26.5. The van der Waals surface area contributed by atoms with E-state index in [4.69, 9.17) is 5.73 Å². The minimum Gasteiger partial charge on any atom is -0.508 e. The average molecular weight is 645 g/mol. The summed E-state index contributed by atoms with van der Waals surface area (Å²) < 4.78 is 0. The molecule has 12 nitrogen and oxygen atoms in total. The van der Waals surface area contributed by atoms with Crippen molar-refractivity contribution in [3.8, 4) is 16.9 Å². The highest BCUT2D eigenvalue weighted by atomic mass is 16.3. The number of Topliss-reactive ketones (excluding diaryl/α,β-unsaturated/α-hetero) is 2. The van der Waals surface area contributed by atoms with Gasteiger partial charge >= 0.3 is 0 Å². The van der Waals surface area contributed by atoms with E-state index in [0.29, 0.717) is 28.8 Å². The maximum absolute atomic E-state index is 14.1. The van der Waals surface area contributed by atoms with Crippen molar-refractivity contribution in [1.82, 2.24) is 15.1 Å². The number of nitrogens with one attached hydrogen (secondary N) is 1. The van der Waals surface area contributed by atoms with E-state index in [9.17, 15) is 39.6 Å². The van der Waals surface area contributed by atoms with Gasteiger partial charge in [-0.1, -0.05) is 24.6 Å². The highest BCUT2D eigenvalue weighted by Gasteiger charge is 2.64. The van der Waals surface area contributed by atoms with Crippen LogP contribution in [0.25, 0.3) is 16.9 Å². The molecule has 1 aliphatic heterocycles. The normalized spacial score (nSPS) is 26.2. The highest BCUT2D eigenvalue weighted by molar-refractivity contribution is 6.24. The second-order valence-electron chi connectivity index (χ2n) is 13.2. The van der Waals surface area contributed by atoms with Crippen LogP contribution in [0.3, 0.4) is 0 Å². The summed E-state index contributed by atoms with van der Waals surface area (Å²) in [6, 6.07) is 8.91. The second kappa shape index (κ2) is 12.3. The van der Waals surface area contributed by atoms with Crippen LogP contribution in [0.2, 0.25) is 0 Å². The Kier molecular flexibility index (Phi) is 8.45. The number of carbonyl (C=O) groups excluding carboxylic acids is 4. The van der Waals surface area contributed by atoms with Crippen LogP contribution < -0.4 is 11.1 Å². The molecule has 4 unspecified atom stereocenters. The van der Waals surface area contributed by atoms with Gasteiger partial charge in [-0.2, -0.15) is 0 Å². The SMILES string of the molecule is CN(C)C1C(=O)C(C(N)=O)=C(O)C2(O)C(=O)C3=C(O)c4c(O)ccc(-c5cccc(C(=O)NCCN6CCCCC6)c5)c4CC3CC12. The van der Waals surface area contributed by atoms with Gasteiger partial charge in [0.1, 0.15) is 22.8 Å². The highest BCUT2D eigenvalue weighted by Crippen LogP contribution is 2.53. The zero-order valence-electron chi connectivity index (χ0n) is 26.5. The van der Waals surface area contributed by atoms with Gasteiger partial charge in [0.15, 0.2) is 11.4 Å². The lowest BCUT2D eigenvalue weighted by atomic mass is 9.57. The van der Waals surface area contributed by atoms with E-state index in [2.05, 4.69) is 10.2 Å². The first-order chi connectivity index (χ1) is 22.4. The van der Waals surface area contributed by atoms with E-state index in [1.807, 2.05) is 6.07 Å². The number of hydrogen-bond donors (Lipinski definition) is 6. The van der Waals surface area contributed by atoms with Gasteiger partial charge in [0.25, 0.3) is 11.8 Å². The topological polar surface area (TPSA) is 194 Å². The van der Waals surface area contributed by atoms with Crippen LogP contribution in [0.5, 0.6) is 5.75 Å². The number of piperidine rings is 1. The van der Waals surface area contributed by atoms with E-state index in [1.165, 1.54) is 30.2 Å². The molecular formula is C35H40N4O8. The van der Waals surface area contributed by atoms with Crippen LogP contribution >= 0.6 is 0 Å². The minimum atomic E-state index is -2.70. The smallest absolute Gasteiger partial charge is 0.255 e. The number of nitrogens with two attached hydrogens (primary N) is 1. The van der Waals surface area contributed by atoms with Crippen molar-refractivity contribution in [3.05, 3.63) is 70.0 Å². The number of likely N-dealkylation sites (N-methyl/N-ethyl adjacent to an activating group) is 1. The quantitative estimate of drug-likeness (QED) is 0.242. The number of likely N-dealkylation sites (tertiary alicyclic amines) is 1. The van der Waals surface area contributed by atoms with Crippen LogP contribution in [0, 0.1) is 11.8 Å². The standard InChI is InChI=1S/C35H40N4O8/c1-38(2)28-23-17-20-16-22-21(18-7-6-8-19(15-18)34(46)37-11-14-39-12-4-3-5-13-39)9-10-24(40)26(22)29(41)25(20)31(43)35(23,47)32(44)27(30(28)42)33(36)45/h6-10,15,20,23,28,40-41,44,47H,3-5,11-14,16-17H2,1-2H3,(H2,36,45)(H,37,46). The predicted octanol–water partition coefficient (Wildman–Crippen LogP) is 1.85. The van der Waals surface area contributed by atoms with Crippen LogP contribution in [0.15, 0.2) is 53.3 Å². The Bertz CT molecular complexity index is 1740. The Hall–Kier alpha value is -4.52. The average Bonchev–Trinajstić information content (AvgIpc) is 3.03. The molecule has 1 heterocycles. The third-order valence-corrected chi connectivity index (χ3v) is 10.2. The van der Waals surface area contributed by atoms with Crippen LogP contribution in [-0.4, -0.2) is 106 Å². The number of primary amides is 1. The summed E-state index contributed by atoms with van der Waals surface area (Å²) in [5.74, 6) is -7.25. The third-order valence-electron chi connectivity index (χ3n) is 10.2. The molecule has 2 amide bonds. The molecule has 4 aliphatic rings. The number of aliphatic hydroxyl groups excluding tert-OH is 2. The fraction of sp³-hybridized carbons (Fsp3) is 0.429. The van der Waals surface area contributed by atoms with Crippen molar-refractivity contribution >= 4 is 29.1 Å². The van der Waals surface area contributed by atoms with Gasteiger partial charge in [-0.25, -0.2) is 0 Å². The first kappa shape index (κ1) is 32.4. The molecule has 12 heteroatoms. The van der Waals surface area contributed by atoms with Crippen molar-refractivity contribution in [2.24, 2.45) is 17.6 Å². The molecule has 0 aromatic heterocycles. The molecule has 2 aromatic rings. The summed E-state index contributed by atoms with van der Waals surface area (Å²) in [4.78, 5) is 56.5. The van der Waals surface area contributed by atoms with E-state index < -0.39 is 58.0 Å². The number of carbonyl (C=O) groups is 4. The Morgan fingerprint density at radius 3 is 2.47 bits per heavy atom. The molecule has 3 aliphatic carbocycles. The fourth-order valence-electron chi connectivity index (χ4n) is 7.96. The molecule has 0 radical (unpaired) electrons. The Morgan fingerprint density at radius 1 is 1.06 bits per heavy atom. The Balaban J connectivity index is 1.36. The summed E-state index contributed by atoms with van der Waals surface area (Å²) in [5, 5.41) is 48.3. The van der Waals surface area contributed by atoms with Gasteiger partial charge in [-0.3, -0.25) is 24.1 Å². The van der Waals surface area contributed by atoms with Crippen molar-refractivity contribution in [1.29, 1.82) is 0 Å². The molecule has 6 rings (SSSR count). The lowest BCUT2D eigenvalue weighted by molar-refractivity contribution is -0.153. The van der Waals surface area contributed by atoms with Crippen LogP contribution in [-0.2, 0) is 20.8 Å². The van der Waals surface area contributed by atoms with Crippen molar-refractivity contribution < 1.29 is 39.6 Å². The Labute approximate surface area is 272 Å². The van der Waals surface area contributed by atoms with Gasteiger partial charge < -0.3 is 36.4 Å². The van der Waals surface area contributed by atoms with Gasteiger partial charge in [-0.15, -0.1) is 0 Å². The van der Waals surface area contributed by atoms with Crippen molar-refractivity contribution in [2.45, 2.75) is 43.7 Å². The van der Waals surface area contributed by atoms with E-state index in [-0.39, 0.29) is 35.6 Å².